The smallest absolute Gasteiger partial charge is 0.422 e. The maximum absolute atomic E-state index is 13.3. The highest BCUT2D eigenvalue weighted by Gasteiger charge is 2.64. The Morgan fingerprint density at radius 3 is 2.13 bits per heavy atom. The van der Waals surface area contributed by atoms with Gasteiger partial charge in [-0.15, -0.1) is 0 Å². The molecule has 1 aromatic heterocycles. The number of hydrogen-bond acceptors (Lipinski definition) is 11. The van der Waals surface area contributed by atoms with Crippen LogP contribution in [0.5, 0.6) is 6.01 Å². The summed E-state index contributed by atoms with van der Waals surface area (Å²) in [6.45, 7) is -1.61. The summed E-state index contributed by atoms with van der Waals surface area (Å²) in [6.07, 6.45) is -0.943. The van der Waals surface area contributed by atoms with Crippen LogP contribution in [-0.4, -0.2) is 75.1 Å². The number of carbonyl (C=O) groups excluding carboxylic acids is 3. The zero-order valence-electron chi connectivity index (χ0n) is 27.7. The first kappa shape index (κ1) is 37.3. The van der Waals surface area contributed by atoms with Gasteiger partial charge in [0.1, 0.15) is 5.54 Å². The topological polar surface area (TPSA) is 193 Å². The lowest BCUT2D eigenvalue weighted by molar-refractivity contribution is -0.154. The molecule has 0 aliphatic heterocycles. The fourth-order valence-corrected chi connectivity index (χ4v) is 8.38. The van der Waals surface area contributed by atoms with Gasteiger partial charge in [0, 0.05) is 26.7 Å². The second kappa shape index (κ2) is 13.7. The first-order chi connectivity index (χ1) is 25.0. The van der Waals surface area contributed by atoms with Gasteiger partial charge < -0.3 is 26.0 Å². The van der Waals surface area contributed by atoms with Crippen LogP contribution in [0.1, 0.15) is 60.9 Å². The van der Waals surface area contributed by atoms with Gasteiger partial charge in [-0.25, -0.2) is 8.42 Å². The van der Waals surface area contributed by atoms with E-state index in [-0.39, 0.29) is 27.9 Å². The van der Waals surface area contributed by atoms with E-state index in [9.17, 15) is 36.0 Å². The summed E-state index contributed by atoms with van der Waals surface area (Å²) in [5, 5.41) is 11.6. The van der Waals surface area contributed by atoms with Gasteiger partial charge >= 0.3 is 12.2 Å². The highest BCUT2D eigenvalue weighted by Crippen LogP contribution is 2.50. The molecule has 4 aliphatic rings. The number of aromatic nitrogens is 3. The molecule has 14 nitrogen and oxygen atoms in total. The van der Waals surface area contributed by atoms with Gasteiger partial charge in [-0.2, -0.15) is 28.1 Å². The molecule has 4 saturated carbocycles. The number of nitrogens with zero attached hydrogens (tertiary/aromatic N) is 3. The summed E-state index contributed by atoms with van der Waals surface area (Å²) < 4.78 is 70.2. The molecule has 0 radical (unpaired) electrons. The Morgan fingerprint density at radius 1 is 0.925 bits per heavy atom. The van der Waals surface area contributed by atoms with Crippen LogP contribution < -0.4 is 30.7 Å². The van der Waals surface area contributed by atoms with Crippen molar-refractivity contribution >= 4 is 79.5 Å². The summed E-state index contributed by atoms with van der Waals surface area (Å²) in [5.41, 5.74) is -1.22. The molecule has 2 aromatic carbocycles. The van der Waals surface area contributed by atoms with E-state index in [0.717, 1.165) is 18.4 Å². The van der Waals surface area contributed by atoms with Crippen molar-refractivity contribution in [3.8, 4) is 6.01 Å². The standard InChI is InChI=1S/C33H33ClF3IN8O6S/c34-20-5-3-19(4-6-20)31(13-14-31)45-28-41-27(42-29(43-28)52-17-33(35,36)37)40-21-7-1-18(2-8-21)24(47)39-16-30(11-12-30)25(48)44-32(15-23(32)38)26(49)46-53(50,51)22-9-10-22/h1-8,22-23H,9-17H2,(H,39,47)(H,44,48)(H,46,49)(H2,40,41,42,43,45)/t23-,32-/m1/s1. The second-order valence-electron chi connectivity index (χ2n) is 13.8. The van der Waals surface area contributed by atoms with E-state index >= 15 is 0 Å². The molecule has 53 heavy (non-hydrogen) atoms. The zero-order valence-corrected chi connectivity index (χ0v) is 31.5. The SMILES string of the molecule is O=C(NCC1(C(=O)N[C@]2(C(=O)NS(=O)(=O)C3CC3)C[C@H]2I)CC1)c1ccc(Nc2nc(NC3(c4ccc(Cl)cc4)CC3)nc(OCC(F)(F)F)n2)cc1. The van der Waals surface area contributed by atoms with E-state index in [4.69, 9.17) is 16.3 Å². The van der Waals surface area contributed by atoms with Gasteiger partial charge in [-0.05, 0) is 86.9 Å². The Balaban J connectivity index is 0.975. The second-order valence-corrected chi connectivity index (χ2v) is 17.7. The number of nitrogens with one attached hydrogen (secondary N) is 5. The summed E-state index contributed by atoms with van der Waals surface area (Å²) in [6, 6.07) is 12.7. The summed E-state index contributed by atoms with van der Waals surface area (Å²) in [5.74, 6) is -1.76. The van der Waals surface area contributed by atoms with Gasteiger partial charge in [0.2, 0.25) is 27.8 Å². The first-order valence-corrected chi connectivity index (χ1v) is 19.8. The van der Waals surface area contributed by atoms with Gasteiger partial charge in [0.15, 0.2) is 6.61 Å². The minimum absolute atomic E-state index is 0.000495. The largest absolute Gasteiger partial charge is 0.454 e. The molecule has 4 aliphatic carbocycles. The van der Waals surface area contributed by atoms with Crippen LogP contribution >= 0.6 is 34.2 Å². The van der Waals surface area contributed by atoms with Gasteiger partial charge in [0.05, 0.1) is 16.2 Å². The minimum Gasteiger partial charge on any atom is -0.454 e. The quantitative estimate of drug-likeness (QED) is 0.107. The van der Waals surface area contributed by atoms with E-state index in [0.29, 0.717) is 42.8 Å². The third-order valence-corrected chi connectivity index (χ3v) is 13.2. The molecule has 3 amide bonds. The number of sulfonamides is 1. The number of alkyl halides is 4. The molecule has 0 bridgehead atoms. The van der Waals surface area contributed by atoms with Crippen molar-refractivity contribution in [2.24, 2.45) is 5.41 Å². The van der Waals surface area contributed by atoms with Crippen molar-refractivity contribution in [2.75, 3.05) is 23.8 Å². The van der Waals surface area contributed by atoms with Crippen LogP contribution in [0.25, 0.3) is 0 Å². The molecule has 7 rings (SSSR count). The Kier molecular flexibility index (Phi) is 9.65. The minimum atomic E-state index is -4.62. The lowest BCUT2D eigenvalue weighted by Crippen LogP contribution is -2.55. The fraction of sp³-hybridized carbons (Fsp3) is 0.455. The van der Waals surface area contributed by atoms with Crippen LogP contribution in [0.3, 0.4) is 0 Å². The summed E-state index contributed by atoms with van der Waals surface area (Å²) >= 11 is 8.04. The number of ether oxygens (including phenoxy) is 1. The van der Waals surface area contributed by atoms with E-state index in [1.807, 2.05) is 34.7 Å². The maximum atomic E-state index is 13.3. The van der Waals surface area contributed by atoms with Crippen LogP contribution in [-0.2, 0) is 25.2 Å². The number of rotatable bonds is 15. The highest BCUT2D eigenvalue weighted by atomic mass is 127. The van der Waals surface area contributed by atoms with Crippen molar-refractivity contribution in [2.45, 2.75) is 71.4 Å². The Bertz CT molecular complexity index is 2050. The third kappa shape index (κ3) is 8.56. The number of carbonyl (C=O) groups is 3. The zero-order chi connectivity index (χ0) is 37.8. The number of halogens is 5. The van der Waals surface area contributed by atoms with Crippen molar-refractivity contribution in [1.29, 1.82) is 0 Å². The van der Waals surface area contributed by atoms with Crippen molar-refractivity contribution in [3.05, 3.63) is 64.7 Å². The van der Waals surface area contributed by atoms with E-state index in [2.05, 4.69) is 40.9 Å². The van der Waals surface area contributed by atoms with E-state index in [1.165, 1.54) is 12.1 Å². The molecule has 0 spiro atoms. The Labute approximate surface area is 320 Å². The molecule has 282 valence electrons. The molecule has 2 atom stereocenters. The number of amides is 3. The molecule has 0 unspecified atom stereocenters. The number of benzene rings is 2. The number of anilines is 3. The average molecular weight is 889 g/mol. The Morgan fingerprint density at radius 2 is 1.57 bits per heavy atom. The highest BCUT2D eigenvalue weighted by molar-refractivity contribution is 14.1. The first-order valence-electron chi connectivity index (χ1n) is 16.7. The van der Waals surface area contributed by atoms with Crippen molar-refractivity contribution in [3.63, 3.8) is 0 Å². The van der Waals surface area contributed by atoms with Crippen LogP contribution in [0.2, 0.25) is 5.02 Å². The van der Waals surface area contributed by atoms with Gasteiger partial charge in [-0.3, -0.25) is 19.1 Å². The van der Waals surface area contributed by atoms with Crippen molar-refractivity contribution < 1.29 is 40.7 Å². The summed E-state index contributed by atoms with van der Waals surface area (Å²) in [7, 11) is -3.78. The third-order valence-electron chi connectivity index (χ3n) is 9.62. The van der Waals surface area contributed by atoms with Crippen LogP contribution in [0.15, 0.2) is 48.5 Å². The predicted molar refractivity (Wildman–Crippen MR) is 194 cm³/mol. The molecule has 0 saturated heterocycles. The lowest BCUT2D eigenvalue weighted by atomic mass is 10.0. The predicted octanol–water partition coefficient (Wildman–Crippen LogP) is 4.49. The van der Waals surface area contributed by atoms with Crippen LogP contribution in [0, 0.1) is 5.41 Å². The monoisotopic (exact) mass is 888 g/mol. The van der Waals surface area contributed by atoms with Gasteiger partial charge in [-0.1, -0.05) is 46.3 Å². The number of hydrogen-bond donors (Lipinski definition) is 5. The normalized spacial score (nSPS) is 22.2. The van der Waals surface area contributed by atoms with Gasteiger partial charge in [0.25, 0.3) is 11.8 Å². The fourth-order valence-electron chi connectivity index (χ4n) is 5.76. The molecule has 4 fully saturated rings. The van der Waals surface area contributed by atoms with Crippen LogP contribution in [0.4, 0.5) is 30.8 Å². The molecule has 5 N–H and O–H groups in total. The Hall–Kier alpha value is -3.98. The lowest BCUT2D eigenvalue weighted by Gasteiger charge is -2.22. The maximum Gasteiger partial charge on any atom is 0.422 e. The molecule has 20 heteroatoms. The average Bonchev–Trinajstić information content (AvgIpc) is 3.89. The van der Waals surface area contributed by atoms with E-state index < -0.39 is 68.3 Å². The molecule has 3 aromatic rings. The molecule has 1 heterocycles. The van der Waals surface area contributed by atoms with E-state index in [1.54, 1.807) is 24.3 Å². The summed E-state index contributed by atoms with van der Waals surface area (Å²) in [4.78, 5) is 51.7. The molecular formula is C33H33ClF3IN8O6S. The molecular weight excluding hydrogens is 856 g/mol. The van der Waals surface area contributed by atoms with Crippen molar-refractivity contribution in [1.82, 2.24) is 30.3 Å².